The molecule has 3 aromatic rings. The van der Waals surface area contributed by atoms with E-state index in [-0.39, 0.29) is 5.95 Å². The predicted molar refractivity (Wildman–Crippen MR) is 89.3 cm³/mol. The number of nitrogens with two attached hydrogens (primary N) is 1. The van der Waals surface area contributed by atoms with Crippen molar-refractivity contribution < 1.29 is 4.74 Å². The molecule has 1 aliphatic rings. The molecule has 6 nitrogen and oxygen atoms in total. The molecule has 0 unspecified atom stereocenters. The van der Waals surface area contributed by atoms with E-state index < -0.39 is 0 Å². The van der Waals surface area contributed by atoms with Gasteiger partial charge in [-0.1, -0.05) is 12.8 Å². The van der Waals surface area contributed by atoms with Crippen molar-refractivity contribution in [1.82, 2.24) is 19.5 Å². The zero-order valence-corrected chi connectivity index (χ0v) is 14.1. The molecule has 0 spiro atoms. The van der Waals surface area contributed by atoms with Crippen molar-refractivity contribution in [2.24, 2.45) is 0 Å². The predicted octanol–water partition coefficient (Wildman–Crippen LogP) is 4.14. The van der Waals surface area contributed by atoms with Crippen LogP contribution in [0.15, 0.2) is 22.2 Å². The highest BCUT2D eigenvalue weighted by Gasteiger charge is 2.22. The summed E-state index contributed by atoms with van der Waals surface area (Å²) < 4.78 is 8.93. The Bertz CT molecular complexity index is 824. The van der Waals surface area contributed by atoms with Crippen LogP contribution < -0.4 is 10.5 Å². The number of imidazole rings is 1. The van der Waals surface area contributed by atoms with Gasteiger partial charge >= 0.3 is 0 Å². The summed E-state index contributed by atoms with van der Waals surface area (Å²) in [5, 5.41) is 2.69. The van der Waals surface area contributed by atoms with E-state index in [2.05, 4.69) is 35.4 Å². The lowest BCUT2D eigenvalue weighted by molar-refractivity contribution is 0.480. The molecule has 0 saturated heterocycles. The third kappa shape index (κ3) is 2.46. The van der Waals surface area contributed by atoms with E-state index in [1.807, 2.05) is 17.8 Å². The molecule has 2 N–H and O–H groups in total. The Labute approximate surface area is 139 Å². The average Bonchev–Trinajstić information content (AvgIpc) is 3.18. The van der Waals surface area contributed by atoms with Crippen molar-refractivity contribution >= 4 is 44.4 Å². The van der Waals surface area contributed by atoms with E-state index in [0.717, 1.165) is 28.0 Å². The van der Waals surface area contributed by atoms with Gasteiger partial charge in [0.25, 0.3) is 5.88 Å². The highest BCUT2D eigenvalue weighted by atomic mass is 79.9. The lowest BCUT2D eigenvalue weighted by atomic mass is 10.2. The molecule has 4 rings (SSSR count). The third-order valence-electron chi connectivity index (χ3n) is 3.87. The maximum absolute atomic E-state index is 5.86. The van der Waals surface area contributed by atoms with Gasteiger partial charge in [0.05, 0.1) is 6.33 Å². The molecular formula is C14H14BrN5OS. The monoisotopic (exact) mass is 379 g/mol. The van der Waals surface area contributed by atoms with Crippen LogP contribution in [0, 0.1) is 0 Å². The van der Waals surface area contributed by atoms with Crippen LogP contribution in [0.4, 0.5) is 5.95 Å². The molecule has 0 atom stereocenters. The quantitative estimate of drug-likeness (QED) is 0.739. The van der Waals surface area contributed by atoms with Crippen molar-refractivity contribution in [2.45, 2.75) is 31.7 Å². The van der Waals surface area contributed by atoms with Gasteiger partial charge in [0.2, 0.25) is 5.95 Å². The van der Waals surface area contributed by atoms with E-state index in [4.69, 9.17) is 10.5 Å². The zero-order valence-electron chi connectivity index (χ0n) is 11.7. The lowest BCUT2D eigenvalue weighted by Crippen LogP contribution is -2.06. The average molecular weight is 380 g/mol. The van der Waals surface area contributed by atoms with Crippen molar-refractivity contribution in [1.29, 1.82) is 0 Å². The molecule has 1 aliphatic carbocycles. The summed E-state index contributed by atoms with van der Waals surface area (Å²) in [7, 11) is 0. The first-order valence-electron chi connectivity index (χ1n) is 7.12. The standard InChI is InChI=1S/C14H14BrN5OS/c15-8-5-10(22-6-8)21-13-11-12(18-14(16)19-13)20(7-17-11)9-3-1-2-4-9/h5-7,9H,1-4H2,(H2,16,18,19). The summed E-state index contributed by atoms with van der Waals surface area (Å²) in [4.78, 5) is 13.0. The van der Waals surface area contributed by atoms with Crippen molar-refractivity contribution in [3.8, 4) is 10.9 Å². The highest BCUT2D eigenvalue weighted by Crippen LogP contribution is 2.36. The molecule has 3 heterocycles. The number of thiophene rings is 1. The summed E-state index contributed by atoms with van der Waals surface area (Å²) in [6, 6.07) is 2.34. The molecule has 0 aromatic carbocycles. The van der Waals surface area contributed by atoms with E-state index >= 15 is 0 Å². The SMILES string of the molecule is Nc1nc(Oc2cc(Br)cs2)c2ncn(C3CCCC3)c2n1. The molecule has 0 bridgehead atoms. The Hall–Kier alpha value is -1.67. The van der Waals surface area contributed by atoms with Gasteiger partial charge < -0.3 is 15.0 Å². The first-order chi connectivity index (χ1) is 10.7. The summed E-state index contributed by atoms with van der Waals surface area (Å²) in [5.74, 6) is 0.617. The van der Waals surface area contributed by atoms with Gasteiger partial charge in [-0.15, -0.1) is 11.3 Å². The lowest BCUT2D eigenvalue weighted by Gasteiger charge is -2.11. The molecular weight excluding hydrogens is 366 g/mol. The van der Waals surface area contributed by atoms with Crippen LogP contribution in [0.1, 0.15) is 31.7 Å². The third-order valence-corrected chi connectivity index (χ3v) is 5.43. The van der Waals surface area contributed by atoms with Crippen LogP contribution in [0.5, 0.6) is 10.9 Å². The second-order valence-electron chi connectivity index (χ2n) is 5.34. The maximum atomic E-state index is 5.86. The minimum atomic E-state index is 0.206. The molecule has 0 amide bonds. The summed E-state index contributed by atoms with van der Waals surface area (Å²) >= 11 is 4.90. The van der Waals surface area contributed by atoms with E-state index in [1.54, 1.807) is 0 Å². The minimum absolute atomic E-state index is 0.206. The van der Waals surface area contributed by atoms with Gasteiger partial charge in [0, 0.05) is 22.0 Å². The number of hydrogen-bond donors (Lipinski definition) is 1. The van der Waals surface area contributed by atoms with Crippen LogP contribution in [-0.4, -0.2) is 19.5 Å². The second-order valence-corrected chi connectivity index (χ2v) is 7.12. The molecule has 22 heavy (non-hydrogen) atoms. The zero-order chi connectivity index (χ0) is 15.1. The largest absolute Gasteiger partial charge is 0.426 e. The van der Waals surface area contributed by atoms with Gasteiger partial charge in [-0.25, -0.2) is 4.98 Å². The maximum Gasteiger partial charge on any atom is 0.253 e. The van der Waals surface area contributed by atoms with Gasteiger partial charge in [0.15, 0.2) is 16.2 Å². The molecule has 3 aromatic heterocycles. The van der Waals surface area contributed by atoms with Crippen LogP contribution >= 0.6 is 27.3 Å². The number of ether oxygens (including phenoxy) is 1. The number of nitrogen functional groups attached to an aromatic ring is 1. The fourth-order valence-corrected chi connectivity index (χ4v) is 4.13. The Morgan fingerprint density at radius 3 is 2.86 bits per heavy atom. The number of rotatable bonds is 3. The number of hydrogen-bond acceptors (Lipinski definition) is 6. The van der Waals surface area contributed by atoms with Gasteiger partial charge in [-0.2, -0.15) is 9.97 Å². The molecule has 0 radical (unpaired) electrons. The van der Waals surface area contributed by atoms with Gasteiger partial charge in [-0.3, -0.25) is 0 Å². The van der Waals surface area contributed by atoms with Crippen molar-refractivity contribution in [2.75, 3.05) is 5.73 Å². The van der Waals surface area contributed by atoms with E-state index in [9.17, 15) is 0 Å². The van der Waals surface area contributed by atoms with Crippen LogP contribution in [0.3, 0.4) is 0 Å². The Morgan fingerprint density at radius 2 is 2.14 bits per heavy atom. The smallest absolute Gasteiger partial charge is 0.253 e. The topological polar surface area (TPSA) is 78.9 Å². The van der Waals surface area contributed by atoms with E-state index in [0.29, 0.717) is 17.4 Å². The van der Waals surface area contributed by atoms with Crippen LogP contribution in [0.2, 0.25) is 0 Å². The van der Waals surface area contributed by atoms with Gasteiger partial charge in [-0.05, 0) is 28.8 Å². The summed E-state index contributed by atoms with van der Waals surface area (Å²) in [6.45, 7) is 0. The molecule has 1 saturated carbocycles. The van der Waals surface area contributed by atoms with Crippen molar-refractivity contribution in [3.63, 3.8) is 0 Å². The molecule has 8 heteroatoms. The fourth-order valence-electron chi connectivity index (χ4n) is 2.87. The Morgan fingerprint density at radius 1 is 1.32 bits per heavy atom. The fraction of sp³-hybridized carbons (Fsp3) is 0.357. The van der Waals surface area contributed by atoms with Crippen LogP contribution in [0.25, 0.3) is 11.2 Å². The molecule has 1 fully saturated rings. The first-order valence-corrected chi connectivity index (χ1v) is 8.80. The highest BCUT2D eigenvalue weighted by molar-refractivity contribution is 9.10. The number of aromatic nitrogens is 4. The number of halogens is 1. The second kappa shape index (κ2) is 5.51. The summed E-state index contributed by atoms with van der Waals surface area (Å²) in [6.07, 6.45) is 6.63. The molecule has 0 aliphatic heterocycles. The van der Waals surface area contributed by atoms with E-state index in [1.165, 1.54) is 24.2 Å². The van der Waals surface area contributed by atoms with Crippen molar-refractivity contribution in [3.05, 3.63) is 22.2 Å². The number of nitrogens with zero attached hydrogens (tertiary/aromatic N) is 4. The Balaban J connectivity index is 1.78. The van der Waals surface area contributed by atoms with Gasteiger partial charge in [0.1, 0.15) is 0 Å². The van der Waals surface area contributed by atoms with Crippen LogP contribution in [-0.2, 0) is 0 Å². The number of anilines is 1. The molecule has 114 valence electrons. The Kier molecular flexibility index (Phi) is 3.50. The minimum Gasteiger partial charge on any atom is -0.426 e. The summed E-state index contributed by atoms with van der Waals surface area (Å²) in [5.41, 5.74) is 7.27. The first kappa shape index (κ1) is 14.0. The number of fused-ring (bicyclic) bond motifs is 1. The normalized spacial score (nSPS) is 15.7.